The average Bonchev–Trinajstić information content (AvgIpc) is 3.22. The van der Waals surface area contributed by atoms with Crippen LogP contribution in [0.1, 0.15) is 22.7 Å². The van der Waals surface area contributed by atoms with Gasteiger partial charge in [-0.3, -0.25) is 9.59 Å². The van der Waals surface area contributed by atoms with Gasteiger partial charge in [-0.05, 0) is 37.0 Å². The summed E-state index contributed by atoms with van der Waals surface area (Å²) in [5.41, 5.74) is 1.82. The maximum Gasteiger partial charge on any atom is 0.259 e. The molecule has 0 saturated carbocycles. The van der Waals surface area contributed by atoms with Gasteiger partial charge < -0.3 is 15.0 Å². The smallest absolute Gasteiger partial charge is 0.259 e. The Balaban J connectivity index is 1.37. The molecule has 27 heavy (non-hydrogen) atoms. The number of benzene rings is 1. The summed E-state index contributed by atoms with van der Waals surface area (Å²) in [7, 11) is 1.59. The van der Waals surface area contributed by atoms with Gasteiger partial charge in [0.05, 0.1) is 24.0 Å². The fourth-order valence-corrected chi connectivity index (χ4v) is 5.22. The standard InChI is InChI=1S/C19H19N3O3S2/c1-25-12-5-2-4-11(8-12)20-16(23)10-26-9-15-21-18(24)17-13-6-3-7-14(13)27-19(17)22-15/h2,4-5,8H,3,6-7,9-10H2,1H3,(H,20,23)(H,21,22,24). The maximum atomic E-state index is 12.4. The van der Waals surface area contributed by atoms with E-state index in [1.54, 1.807) is 24.5 Å². The van der Waals surface area contributed by atoms with Gasteiger partial charge in [0, 0.05) is 16.6 Å². The van der Waals surface area contributed by atoms with Crippen molar-refractivity contribution in [3.05, 3.63) is 50.9 Å². The number of nitrogens with one attached hydrogen (secondary N) is 2. The van der Waals surface area contributed by atoms with E-state index in [2.05, 4.69) is 15.3 Å². The third kappa shape index (κ3) is 3.86. The molecule has 1 amide bonds. The largest absolute Gasteiger partial charge is 0.497 e. The third-order valence-corrected chi connectivity index (χ3v) is 6.58. The van der Waals surface area contributed by atoms with E-state index < -0.39 is 0 Å². The minimum atomic E-state index is -0.105. The van der Waals surface area contributed by atoms with Crippen LogP contribution in [0.3, 0.4) is 0 Å². The molecule has 1 aromatic carbocycles. The molecule has 0 atom stereocenters. The van der Waals surface area contributed by atoms with E-state index >= 15 is 0 Å². The molecule has 8 heteroatoms. The molecule has 1 aliphatic carbocycles. The zero-order valence-corrected chi connectivity index (χ0v) is 16.5. The SMILES string of the molecule is COc1cccc(NC(=O)CSCc2nc3sc4c(c3c(=O)[nH]2)CCC4)c1. The van der Waals surface area contributed by atoms with Crippen LogP contribution in [0.5, 0.6) is 5.75 Å². The fourth-order valence-electron chi connectivity index (χ4n) is 3.25. The van der Waals surface area contributed by atoms with Crippen LogP contribution in [0.2, 0.25) is 0 Å². The van der Waals surface area contributed by atoms with Crippen LogP contribution in [-0.4, -0.2) is 28.7 Å². The first-order chi connectivity index (χ1) is 13.1. The van der Waals surface area contributed by atoms with Crippen molar-refractivity contribution in [2.75, 3.05) is 18.2 Å². The van der Waals surface area contributed by atoms with E-state index in [1.807, 2.05) is 18.2 Å². The lowest BCUT2D eigenvalue weighted by molar-refractivity contribution is -0.113. The first-order valence-corrected chi connectivity index (χ1v) is 10.7. The lowest BCUT2D eigenvalue weighted by atomic mass is 10.2. The van der Waals surface area contributed by atoms with Gasteiger partial charge in [0.1, 0.15) is 16.4 Å². The zero-order chi connectivity index (χ0) is 18.8. The Kier molecular flexibility index (Phi) is 5.18. The summed E-state index contributed by atoms with van der Waals surface area (Å²) in [4.78, 5) is 34.1. The second-order valence-electron chi connectivity index (χ2n) is 6.32. The van der Waals surface area contributed by atoms with Gasteiger partial charge in [-0.1, -0.05) is 6.07 Å². The van der Waals surface area contributed by atoms with Gasteiger partial charge in [0.25, 0.3) is 5.56 Å². The third-order valence-electron chi connectivity index (χ3n) is 4.45. The van der Waals surface area contributed by atoms with Gasteiger partial charge in [-0.15, -0.1) is 23.1 Å². The maximum absolute atomic E-state index is 12.4. The molecule has 0 fully saturated rings. The van der Waals surface area contributed by atoms with Crippen LogP contribution in [0, 0.1) is 0 Å². The minimum absolute atomic E-state index is 0.0594. The number of thiophene rings is 1. The van der Waals surface area contributed by atoms with Crippen LogP contribution < -0.4 is 15.6 Å². The summed E-state index contributed by atoms with van der Waals surface area (Å²) in [6.45, 7) is 0. The monoisotopic (exact) mass is 401 g/mol. The number of carbonyl (C=O) groups excluding carboxylic acids is 1. The molecule has 2 heterocycles. The second kappa shape index (κ2) is 7.74. The molecule has 0 saturated heterocycles. The number of hydrogen-bond donors (Lipinski definition) is 2. The van der Waals surface area contributed by atoms with Crippen molar-refractivity contribution < 1.29 is 9.53 Å². The predicted octanol–water partition coefficient (Wildman–Crippen LogP) is 3.35. The van der Waals surface area contributed by atoms with Crippen molar-refractivity contribution in [1.29, 1.82) is 0 Å². The first kappa shape index (κ1) is 18.1. The van der Waals surface area contributed by atoms with Crippen molar-refractivity contribution >= 4 is 44.9 Å². The average molecular weight is 402 g/mol. The quantitative estimate of drug-likeness (QED) is 0.662. The number of carbonyl (C=O) groups is 1. The summed E-state index contributed by atoms with van der Waals surface area (Å²) >= 11 is 3.05. The Hall–Kier alpha value is -2.32. The van der Waals surface area contributed by atoms with E-state index in [0.29, 0.717) is 23.0 Å². The molecule has 2 N–H and O–H groups in total. The Morgan fingerprint density at radius 3 is 3.15 bits per heavy atom. The number of hydrogen-bond acceptors (Lipinski definition) is 6. The molecule has 0 unspecified atom stereocenters. The number of aromatic amines is 1. The first-order valence-electron chi connectivity index (χ1n) is 8.69. The van der Waals surface area contributed by atoms with E-state index in [1.165, 1.54) is 22.2 Å². The summed E-state index contributed by atoms with van der Waals surface area (Å²) in [5.74, 6) is 1.97. The second-order valence-corrected chi connectivity index (χ2v) is 8.39. The fraction of sp³-hybridized carbons (Fsp3) is 0.316. The van der Waals surface area contributed by atoms with Crippen LogP contribution in [0.4, 0.5) is 5.69 Å². The Bertz CT molecular complexity index is 1060. The molecule has 0 aliphatic heterocycles. The van der Waals surface area contributed by atoms with Crippen molar-refractivity contribution in [1.82, 2.24) is 9.97 Å². The molecule has 2 aromatic heterocycles. The Morgan fingerprint density at radius 2 is 2.30 bits per heavy atom. The number of aryl methyl sites for hydroxylation is 2. The molecule has 1 aliphatic rings. The molecular formula is C19H19N3O3S2. The van der Waals surface area contributed by atoms with Gasteiger partial charge >= 0.3 is 0 Å². The minimum Gasteiger partial charge on any atom is -0.497 e. The number of nitrogens with zero attached hydrogens (tertiary/aromatic N) is 1. The topological polar surface area (TPSA) is 84.1 Å². The number of rotatable bonds is 6. The highest BCUT2D eigenvalue weighted by Gasteiger charge is 2.21. The number of aromatic nitrogens is 2. The zero-order valence-electron chi connectivity index (χ0n) is 14.8. The normalized spacial score (nSPS) is 12.9. The Labute approximate surface area is 164 Å². The highest BCUT2D eigenvalue weighted by atomic mass is 32.2. The molecule has 4 rings (SSSR count). The van der Waals surface area contributed by atoms with E-state index in [9.17, 15) is 9.59 Å². The molecule has 0 spiro atoms. The molecular weight excluding hydrogens is 382 g/mol. The molecule has 0 radical (unpaired) electrons. The predicted molar refractivity (Wildman–Crippen MR) is 110 cm³/mol. The molecule has 3 aromatic rings. The number of H-pyrrole nitrogens is 1. The van der Waals surface area contributed by atoms with Crippen LogP contribution in [0.15, 0.2) is 29.1 Å². The lowest BCUT2D eigenvalue weighted by Gasteiger charge is -2.07. The van der Waals surface area contributed by atoms with Gasteiger partial charge in [-0.2, -0.15) is 0 Å². The van der Waals surface area contributed by atoms with Crippen molar-refractivity contribution in [3.8, 4) is 5.75 Å². The number of amides is 1. The van der Waals surface area contributed by atoms with Crippen molar-refractivity contribution in [2.24, 2.45) is 0 Å². The van der Waals surface area contributed by atoms with Gasteiger partial charge in [-0.25, -0.2) is 4.98 Å². The van der Waals surface area contributed by atoms with Crippen LogP contribution >= 0.6 is 23.1 Å². The highest BCUT2D eigenvalue weighted by molar-refractivity contribution is 7.99. The molecule has 6 nitrogen and oxygen atoms in total. The number of methoxy groups -OCH3 is 1. The van der Waals surface area contributed by atoms with Gasteiger partial charge in [0.2, 0.25) is 5.91 Å². The molecule has 140 valence electrons. The van der Waals surface area contributed by atoms with E-state index in [4.69, 9.17) is 4.74 Å². The Morgan fingerprint density at radius 1 is 1.41 bits per heavy atom. The number of anilines is 1. The van der Waals surface area contributed by atoms with E-state index in [-0.39, 0.29) is 17.2 Å². The van der Waals surface area contributed by atoms with Gasteiger partial charge in [0.15, 0.2) is 0 Å². The van der Waals surface area contributed by atoms with Crippen LogP contribution in [0.25, 0.3) is 10.2 Å². The van der Waals surface area contributed by atoms with Crippen LogP contribution in [-0.2, 0) is 23.4 Å². The summed E-state index contributed by atoms with van der Waals surface area (Å²) in [6.07, 6.45) is 3.14. The van der Waals surface area contributed by atoms with Crippen molar-refractivity contribution in [2.45, 2.75) is 25.0 Å². The summed E-state index contributed by atoms with van der Waals surface area (Å²) < 4.78 is 5.15. The molecule has 0 bridgehead atoms. The van der Waals surface area contributed by atoms with E-state index in [0.717, 1.165) is 29.5 Å². The number of ether oxygens (including phenoxy) is 1. The van der Waals surface area contributed by atoms with Crippen molar-refractivity contribution in [3.63, 3.8) is 0 Å². The summed E-state index contributed by atoms with van der Waals surface area (Å²) in [5, 5.41) is 3.60. The number of fused-ring (bicyclic) bond motifs is 3. The summed E-state index contributed by atoms with van der Waals surface area (Å²) in [6, 6.07) is 7.23. The lowest BCUT2D eigenvalue weighted by Crippen LogP contribution is -2.15. The number of thioether (sulfide) groups is 1. The highest BCUT2D eigenvalue weighted by Crippen LogP contribution is 2.34.